The maximum Gasteiger partial charge on any atom is 0.160 e. The fourth-order valence-electron chi connectivity index (χ4n) is 5.34. The van der Waals surface area contributed by atoms with Gasteiger partial charge in [0.2, 0.25) is 0 Å². The number of aliphatic hydroxyl groups excluding tert-OH is 1. The summed E-state index contributed by atoms with van der Waals surface area (Å²) >= 11 is 0. The van der Waals surface area contributed by atoms with Gasteiger partial charge in [-0.15, -0.1) is 0 Å². The van der Waals surface area contributed by atoms with E-state index in [4.69, 9.17) is 9.40 Å². The van der Waals surface area contributed by atoms with Crippen LogP contribution in [-0.2, 0) is 0 Å². The molecule has 6 aromatic rings. The fraction of sp³-hybridized carbons (Fsp3) is 0.214. The molecule has 0 amide bonds. The van der Waals surface area contributed by atoms with Crippen LogP contribution in [0.5, 0.6) is 0 Å². The van der Waals surface area contributed by atoms with E-state index in [0.717, 1.165) is 42.4 Å². The molecule has 10 heteroatoms. The topological polar surface area (TPSA) is 129 Å². The lowest BCUT2D eigenvalue weighted by Gasteiger charge is -2.20. The molecule has 0 radical (unpaired) electrons. The Morgan fingerprint density at radius 1 is 1.08 bits per heavy atom. The molecule has 0 saturated heterocycles. The molecule has 0 spiro atoms. The molecule has 1 aliphatic rings. The SMILES string of the molecule is OC(Nc1cncc(-c2cc(F)c3[nH]nc(-c4nc5c(-c6ccoc6)ccnc5[nH]4)c3c2)c1)C1CCCC1. The average Bonchev–Trinajstić information content (AvgIpc) is 3.74. The van der Waals surface area contributed by atoms with Crippen LogP contribution < -0.4 is 5.32 Å². The number of benzene rings is 1. The molecule has 1 fully saturated rings. The molecule has 190 valence electrons. The summed E-state index contributed by atoms with van der Waals surface area (Å²) in [6, 6.07) is 8.92. The first-order chi connectivity index (χ1) is 18.6. The van der Waals surface area contributed by atoms with Crippen LogP contribution in [-0.4, -0.2) is 41.5 Å². The zero-order valence-electron chi connectivity index (χ0n) is 20.3. The molecule has 1 saturated carbocycles. The van der Waals surface area contributed by atoms with Crippen LogP contribution in [0.15, 0.2) is 65.9 Å². The minimum Gasteiger partial charge on any atom is -0.472 e. The molecule has 7 rings (SSSR count). The Labute approximate surface area is 216 Å². The molecule has 9 nitrogen and oxygen atoms in total. The molecule has 1 aliphatic carbocycles. The lowest BCUT2D eigenvalue weighted by Crippen LogP contribution is -2.26. The third-order valence-electron chi connectivity index (χ3n) is 7.30. The van der Waals surface area contributed by atoms with Crippen molar-refractivity contribution in [1.82, 2.24) is 30.1 Å². The lowest BCUT2D eigenvalue weighted by atomic mass is 10.0. The monoisotopic (exact) mass is 509 g/mol. The maximum absolute atomic E-state index is 15.2. The first kappa shape index (κ1) is 22.6. The van der Waals surface area contributed by atoms with Crippen LogP contribution in [0, 0.1) is 11.7 Å². The Kier molecular flexibility index (Phi) is 5.40. The number of halogens is 1. The van der Waals surface area contributed by atoms with Crippen molar-refractivity contribution in [2.24, 2.45) is 5.92 Å². The smallest absolute Gasteiger partial charge is 0.160 e. The molecule has 4 N–H and O–H groups in total. The van der Waals surface area contributed by atoms with Crippen molar-refractivity contribution in [3.63, 3.8) is 0 Å². The number of furan rings is 1. The van der Waals surface area contributed by atoms with Crippen molar-refractivity contribution in [2.75, 3.05) is 5.32 Å². The van der Waals surface area contributed by atoms with E-state index in [-0.39, 0.29) is 11.4 Å². The largest absolute Gasteiger partial charge is 0.472 e. The number of hydrogen-bond donors (Lipinski definition) is 4. The van der Waals surface area contributed by atoms with Crippen LogP contribution in [0.1, 0.15) is 25.7 Å². The first-order valence-electron chi connectivity index (χ1n) is 12.6. The number of nitrogens with zero attached hydrogens (tertiary/aromatic N) is 4. The summed E-state index contributed by atoms with van der Waals surface area (Å²) in [7, 11) is 0. The second kappa shape index (κ2) is 9.07. The van der Waals surface area contributed by atoms with E-state index in [0.29, 0.717) is 39.3 Å². The fourth-order valence-corrected chi connectivity index (χ4v) is 5.34. The number of nitrogens with one attached hydrogen (secondary N) is 3. The molecule has 1 atom stereocenters. The Morgan fingerprint density at radius 2 is 1.97 bits per heavy atom. The van der Waals surface area contributed by atoms with Crippen molar-refractivity contribution < 1.29 is 13.9 Å². The van der Waals surface area contributed by atoms with Crippen LogP contribution in [0.25, 0.3) is 55.8 Å². The third kappa shape index (κ3) is 3.90. The standard InChI is InChI=1S/C28H24FN7O2/c29-22-11-17(18-9-19(13-30-12-18)32-28(37)15-3-1-2-4-15)10-21-23(22)35-36-25(21)27-33-24-20(16-6-8-38-14-16)5-7-31-26(24)34-27/h5-15,28,32,37H,1-4H2,(H,35,36)(H,31,33,34). The van der Waals surface area contributed by atoms with Crippen molar-refractivity contribution in [3.8, 4) is 33.8 Å². The number of aromatic nitrogens is 6. The Balaban J connectivity index is 1.27. The van der Waals surface area contributed by atoms with Crippen LogP contribution in [0.3, 0.4) is 0 Å². The molecule has 1 unspecified atom stereocenters. The highest BCUT2D eigenvalue weighted by Crippen LogP contribution is 2.34. The lowest BCUT2D eigenvalue weighted by molar-refractivity contribution is 0.137. The van der Waals surface area contributed by atoms with Gasteiger partial charge in [-0.1, -0.05) is 12.8 Å². The van der Waals surface area contributed by atoms with E-state index in [1.165, 1.54) is 6.07 Å². The number of hydrogen-bond acceptors (Lipinski definition) is 7. The van der Waals surface area contributed by atoms with E-state index < -0.39 is 12.0 Å². The van der Waals surface area contributed by atoms with Gasteiger partial charge in [0, 0.05) is 40.4 Å². The Bertz CT molecular complexity index is 1750. The molecule has 0 aliphatic heterocycles. The van der Waals surface area contributed by atoms with E-state index in [1.807, 2.05) is 24.3 Å². The van der Waals surface area contributed by atoms with Gasteiger partial charge >= 0.3 is 0 Å². The molecular formula is C28H24FN7O2. The van der Waals surface area contributed by atoms with E-state index in [9.17, 15) is 5.11 Å². The summed E-state index contributed by atoms with van der Waals surface area (Å²) in [5.41, 5.74) is 5.82. The van der Waals surface area contributed by atoms with Gasteiger partial charge in [-0.3, -0.25) is 10.1 Å². The summed E-state index contributed by atoms with van der Waals surface area (Å²) in [5, 5.41) is 21.5. The van der Waals surface area contributed by atoms with Crippen LogP contribution in [0.4, 0.5) is 10.1 Å². The molecule has 5 heterocycles. The van der Waals surface area contributed by atoms with E-state index >= 15 is 4.39 Å². The van der Waals surface area contributed by atoms with Gasteiger partial charge < -0.3 is 19.8 Å². The van der Waals surface area contributed by atoms with Crippen molar-refractivity contribution >= 4 is 27.8 Å². The Morgan fingerprint density at radius 3 is 2.82 bits per heavy atom. The summed E-state index contributed by atoms with van der Waals surface area (Å²) in [4.78, 5) is 16.7. The number of aromatic amines is 2. The number of imidazole rings is 1. The second-order valence-corrected chi connectivity index (χ2v) is 9.70. The van der Waals surface area contributed by atoms with Crippen molar-refractivity contribution in [2.45, 2.75) is 31.9 Å². The second-order valence-electron chi connectivity index (χ2n) is 9.70. The minimum atomic E-state index is -0.636. The van der Waals surface area contributed by atoms with Gasteiger partial charge in [-0.2, -0.15) is 5.10 Å². The molecule has 38 heavy (non-hydrogen) atoms. The van der Waals surface area contributed by atoms with Gasteiger partial charge in [0.15, 0.2) is 11.5 Å². The highest BCUT2D eigenvalue weighted by Gasteiger charge is 2.23. The molecule has 1 aromatic carbocycles. The highest BCUT2D eigenvalue weighted by molar-refractivity contribution is 5.97. The number of anilines is 1. The normalized spacial score (nSPS) is 15.0. The zero-order valence-corrected chi connectivity index (χ0v) is 20.3. The van der Waals surface area contributed by atoms with Gasteiger partial charge in [-0.25, -0.2) is 14.4 Å². The van der Waals surface area contributed by atoms with E-state index in [2.05, 4.69) is 30.5 Å². The highest BCUT2D eigenvalue weighted by atomic mass is 19.1. The van der Waals surface area contributed by atoms with Crippen LogP contribution in [0.2, 0.25) is 0 Å². The number of rotatable bonds is 6. The summed E-state index contributed by atoms with van der Waals surface area (Å²) in [6.45, 7) is 0. The molecular weight excluding hydrogens is 485 g/mol. The van der Waals surface area contributed by atoms with Gasteiger partial charge in [0.05, 0.1) is 24.4 Å². The number of pyridine rings is 2. The predicted molar refractivity (Wildman–Crippen MR) is 141 cm³/mol. The Hall–Kier alpha value is -4.57. The summed E-state index contributed by atoms with van der Waals surface area (Å²) in [5.74, 6) is 0.265. The molecule has 5 aromatic heterocycles. The average molecular weight is 510 g/mol. The number of fused-ring (bicyclic) bond motifs is 2. The quantitative estimate of drug-likeness (QED) is 0.206. The number of aliphatic hydroxyl groups is 1. The zero-order chi connectivity index (χ0) is 25.6. The third-order valence-corrected chi connectivity index (χ3v) is 7.30. The predicted octanol–water partition coefficient (Wildman–Crippen LogP) is 5.88. The first-order valence-corrected chi connectivity index (χ1v) is 12.6. The number of H-pyrrole nitrogens is 2. The van der Waals surface area contributed by atoms with Gasteiger partial charge in [-0.05, 0) is 48.7 Å². The molecule has 0 bridgehead atoms. The van der Waals surface area contributed by atoms with Crippen molar-refractivity contribution in [3.05, 3.63) is 67.3 Å². The van der Waals surface area contributed by atoms with Crippen LogP contribution >= 0.6 is 0 Å². The maximum atomic E-state index is 15.2. The van der Waals surface area contributed by atoms with Gasteiger partial charge in [0.1, 0.15) is 28.8 Å². The summed E-state index contributed by atoms with van der Waals surface area (Å²) in [6.07, 6.45) is 12.0. The summed E-state index contributed by atoms with van der Waals surface area (Å²) < 4.78 is 20.5. The van der Waals surface area contributed by atoms with Crippen molar-refractivity contribution in [1.29, 1.82) is 0 Å². The van der Waals surface area contributed by atoms with E-state index in [1.54, 1.807) is 31.1 Å². The minimum absolute atomic E-state index is 0.230. The van der Waals surface area contributed by atoms with Gasteiger partial charge in [0.25, 0.3) is 0 Å².